The Bertz CT molecular complexity index is 1980. The number of carbonyl (C=O) groups is 2. The van der Waals surface area contributed by atoms with Crippen LogP contribution < -0.4 is 0 Å². The third-order valence-electron chi connectivity index (χ3n) is 8.20. The molecule has 0 unspecified atom stereocenters. The Labute approximate surface area is 276 Å². The molecule has 232 valence electrons. The van der Waals surface area contributed by atoms with Gasteiger partial charge < -0.3 is 10.0 Å². The van der Waals surface area contributed by atoms with Gasteiger partial charge in [0.15, 0.2) is 5.78 Å². The molecule has 5 heteroatoms. The number of hydrogen-bond acceptors (Lipinski definition) is 3. The minimum Gasteiger partial charge on any atom is -0.481 e. The van der Waals surface area contributed by atoms with Crippen LogP contribution >= 0.6 is 12.2 Å². The molecule has 1 aliphatic rings. The molecule has 0 atom stereocenters. The van der Waals surface area contributed by atoms with E-state index >= 15 is 0 Å². The van der Waals surface area contributed by atoms with Crippen LogP contribution in [0.4, 0.5) is 0 Å². The summed E-state index contributed by atoms with van der Waals surface area (Å²) >= 11 is 5.60. The molecule has 7 rings (SSSR count). The number of carboxylic acids is 1. The molecule has 6 aromatic rings. The van der Waals surface area contributed by atoms with Crippen molar-refractivity contribution >= 4 is 61.3 Å². The number of piperidine rings is 1. The van der Waals surface area contributed by atoms with Crippen LogP contribution in [0.2, 0.25) is 0 Å². The molecule has 1 heterocycles. The molecule has 0 aromatic heterocycles. The minimum atomic E-state index is -0.791. The van der Waals surface area contributed by atoms with Crippen LogP contribution in [-0.4, -0.2) is 39.8 Å². The third kappa shape index (κ3) is 9.09. The lowest BCUT2D eigenvalue weighted by molar-refractivity contribution is -0.136. The van der Waals surface area contributed by atoms with E-state index in [1.54, 1.807) is 6.92 Å². The van der Waals surface area contributed by atoms with E-state index in [0.29, 0.717) is 0 Å². The van der Waals surface area contributed by atoms with Gasteiger partial charge >= 0.3 is 5.97 Å². The Morgan fingerprint density at radius 1 is 0.587 bits per heavy atom. The van der Waals surface area contributed by atoms with E-state index in [2.05, 4.69) is 47.4 Å². The summed E-state index contributed by atoms with van der Waals surface area (Å²) in [6.45, 7) is 3.88. The lowest BCUT2D eigenvalue weighted by atomic mass is 10.0. The predicted molar refractivity (Wildman–Crippen MR) is 195 cm³/mol. The van der Waals surface area contributed by atoms with Crippen molar-refractivity contribution in [1.29, 1.82) is 0 Å². The Morgan fingerprint density at radius 2 is 1.02 bits per heavy atom. The van der Waals surface area contributed by atoms with E-state index in [9.17, 15) is 9.59 Å². The summed E-state index contributed by atoms with van der Waals surface area (Å²) in [5, 5.41) is 15.8. The minimum absolute atomic E-state index is 0.0881. The number of rotatable bonds is 5. The summed E-state index contributed by atoms with van der Waals surface area (Å²) in [5.41, 5.74) is 2.95. The van der Waals surface area contributed by atoms with Gasteiger partial charge in [0.1, 0.15) is 0 Å². The molecule has 1 aliphatic heterocycles. The highest BCUT2D eigenvalue weighted by molar-refractivity contribution is 7.80. The Kier molecular flexibility index (Phi) is 11.3. The molecule has 1 saturated heterocycles. The van der Waals surface area contributed by atoms with Crippen molar-refractivity contribution in [2.75, 3.05) is 13.1 Å². The molecule has 6 aromatic carbocycles. The van der Waals surface area contributed by atoms with E-state index in [-0.39, 0.29) is 12.2 Å². The number of Topliss-reactive ketones (excluding diaryl/α,β-unsaturated/α-hetero) is 1. The van der Waals surface area contributed by atoms with Crippen molar-refractivity contribution in [2.45, 2.75) is 39.0 Å². The van der Waals surface area contributed by atoms with Gasteiger partial charge in [-0.05, 0) is 75.7 Å². The maximum Gasteiger partial charge on any atom is 0.307 e. The van der Waals surface area contributed by atoms with Gasteiger partial charge in [-0.2, -0.15) is 0 Å². The predicted octanol–water partition coefficient (Wildman–Crippen LogP) is 9.70. The number of fused-ring (bicyclic) bond motifs is 3. The SMILES string of the molecule is CC(=O)c1ccc2ccccc2c1.O=C(O)Cc1ccc2ccccc2c1.S=C(Cc1ccc2ccccc2c1)N1CCCCC1. The number of aliphatic carboxylic acids is 1. The molecule has 0 bridgehead atoms. The van der Waals surface area contributed by atoms with Crippen molar-refractivity contribution < 1.29 is 14.7 Å². The highest BCUT2D eigenvalue weighted by Gasteiger charge is 2.13. The van der Waals surface area contributed by atoms with E-state index in [1.165, 1.54) is 41.0 Å². The van der Waals surface area contributed by atoms with Crippen molar-refractivity contribution in [3.05, 3.63) is 144 Å². The third-order valence-corrected chi connectivity index (χ3v) is 8.61. The number of nitrogens with zero attached hydrogens (tertiary/aromatic N) is 1. The number of ketones is 1. The van der Waals surface area contributed by atoms with Gasteiger partial charge in [0.25, 0.3) is 0 Å². The smallest absolute Gasteiger partial charge is 0.307 e. The number of likely N-dealkylation sites (tertiary alicyclic amines) is 1. The topological polar surface area (TPSA) is 57.6 Å². The Morgan fingerprint density at radius 3 is 1.50 bits per heavy atom. The van der Waals surface area contributed by atoms with Crippen LogP contribution in [0.25, 0.3) is 32.3 Å². The van der Waals surface area contributed by atoms with Crippen LogP contribution in [0.3, 0.4) is 0 Å². The van der Waals surface area contributed by atoms with Crippen LogP contribution in [0.5, 0.6) is 0 Å². The normalized spacial score (nSPS) is 12.5. The van der Waals surface area contributed by atoms with Gasteiger partial charge in [-0.25, -0.2) is 0 Å². The summed E-state index contributed by atoms with van der Waals surface area (Å²) in [6.07, 6.45) is 4.93. The van der Waals surface area contributed by atoms with Gasteiger partial charge in [0.2, 0.25) is 0 Å². The number of benzene rings is 6. The van der Waals surface area contributed by atoms with Crippen molar-refractivity contribution in [3.8, 4) is 0 Å². The van der Waals surface area contributed by atoms with E-state index in [0.717, 1.165) is 51.8 Å². The van der Waals surface area contributed by atoms with Gasteiger partial charge in [-0.3, -0.25) is 9.59 Å². The molecular formula is C41H39NO3S. The lowest BCUT2D eigenvalue weighted by Crippen LogP contribution is -2.35. The summed E-state index contributed by atoms with van der Waals surface area (Å²) in [4.78, 5) is 25.1. The van der Waals surface area contributed by atoms with Crippen molar-refractivity contribution in [2.24, 2.45) is 0 Å². The highest BCUT2D eigenvalue weighted by atomic mass is 32.1. The molecule has 0 aliphatic carbocycles. The molecule has 1 fully saturated rings. The molecule has 0 saturated carbocycles. The zero-order chi connectivity index (χ0) is 32.3. The fourth-order valence-electron chi connectivity index (χ4n) is 5.71. The van der Waals surface area contributed by atoms with E-state index in [4.69, 9.17) is 17.3 Å². The highest BCUT2D eigenvalue weighted by Crippen LogP contribution is 2.19. The fraction of sp³-hybridized carbons (Fsp3) is 0.195. The average Bonchev–Trinajstić information content (AvgIpc) is 3.08. The first-order valence-electron chi connectivity index (χ1n) is 15.8. The van der Waals surface area contributed by atoms with Gasteiger partial charge in [-0.15, -0.1) is 0 Å². The van der Waals surface area contributed by atoms with Gasteiger partial charge in [0.05, 0.1) is 11.4 Å². The molecule has 0 spiro atoms. The first-order chi connectivity index (χ1) is 22.4. The summed E-state index contributed by atoms with van der Waals surface area (Å²) in [7, 11) is 0. The van der Waals surface area contributed by atoms with E-state index in [1.807, 2.05) is 84.9 Å². The number of carbonyl (C=O) groups excluding carboxylic acids is 1. The lowest BCUT2D eigenvalue weighted by Gasteiger charge is -2.29. The zero-order valence-corrected chi connectivity index (χ0v) is 27.0. The van der Waals surface area contributed by atoms with Crippen molar-refractivity contribution in [3.63, 3.8) is 0 Å². The van der Waals surface area contributed by atoms with Crippen LogP contribution in [0.15, 0.2) is 127 Å². The van der Waals surface area contributed by atoms with Crippen molar-refractivity contribution in [1.82, 2.24) is 4.90 Å². The molecule has 46 heavy (non-hydrogen) atoms. The van der Waals surface area contributed by atoms with Gasteiger partial charge in [-0.1, -0.05) is 134 Å². The summed E-state index contributed by atoms with van der Waals surface area (Å²) in [5.74, 6) is -0.675. The Balaban J connectivity index is 0.000000139. The average molecular weight is 626 g/mol. The van der Waals surface area contributed by atoms with Crippen LogP contribution in [0.1, 0.15) is 47.7 Å². The molecule has 1 N–H and O–H groups in total. The van der Waals surface area contributed by atoms with Gasteiger partial charge in [0, 0.05) is 25.1 Å². The zero-order valence-electron chi connectivity index (χ0n) is 26.2. The maximum absolute atomic E-state index is 11.1. The number of thiocarbonyl (C=S) groups is 1. The monoisotopic (exact) mass is 625 g/mol. The quantitative estimate of drug-likeness (QED) is 0.153. The standard InChI is InChI=1S/C17H19NS.C12H10O2.C12H10O/c19-17(18-10-4-1-5-11-18)13-14-8-9-15-6-2-3-7-16(15)12-14;13-12(14)8-9-5-6-10-3-1-2-4-11(10)7-9;1-9(13)11-7-6-10-4-2-3-5-12(10)8-11/h2-3,6-9,12H,1,4-5,10-11,13H2;1-7H,8H2,(H,13,14);2-8H,1H3. The molecule has 0 radical (unpaired) electrons. The van der Waals surface area contributed by atoms with Crippen LogP contribution in [-0.2, 0) is 17.6 Å². The second-order valence-corrected chi connectivity index (χ2v) is 12.1. The summed E-state index contributed by atoms with van der Waals surface area (Å²) in [6, 6.07) is 42.6. The first-order valence-corrected chi connectivity index (χ1v) is 16.2. The Hall–Kier alpha value is -4.87. The van der Waals surface area contributed by atoms with Crippen LogP contribution in [0, 0.1) is 0 Å². The second-order valence-electron chi connectivity index (χ2n) is 11.7. The number of carboxylic acid groups (broad SMARTS) is 1. The largest absolute Gasteiger partial charge is 0.481 e. The summed E-state index contributed by atoms with van der Waals surface area (Å²) < 4.78 is 0. The molecule has 0 amide bonds. The van der Waals surface area contributed by atoms with E-state index < -0.39 is 5.97 Å². The first kappa shape index (κ1) is 32.5. The molecule has 4 nitrogen and oxygen atoms in total. The maximum atomic E-state index is 11.1. The molecular weight excluding hydrogens is 587 g/mol. The second kappa shape index (κ2) is 15.9. The number of hydrogen-bond donors (Lipinski definition) is 1. The fourth-order valence-corrected chi connectivity index (χ4v) is 6.06.